The Morgan fingerprint density at radius 2 is 2.09 bits per heavy atom. The molecule has 5 nitrogen and oxygen atoms in total. The zero-order valence-electron chi connectivity index (χ0n) is 12.6. The summed E-state index contributed by atoms with van der Waals surface area (Å²) in [6.07, 6.45) is 0.768. The van der Waals surface area contributed by atoms with Crippen molar-refractivity contribution in [3.63, 3.8) is 0 Å². The van der Waals surface area contributed by atoms with Crippen LogP contribution >= 0.6 is 11.8 Å². The number of ether oxygens (including phenoxy) is 2. The first-order chi connectivity index (χ1) is 11.3. The third kappa shape index (κ3) is 3.48. The van der Waals surface area contributed by atoms with Crippen LogP contribution in [0.3, 0.4) is 0 Å². The number of rotatable bonds is 7. The Labute approximate surface area is 138 Å². The van der Waals surface area contributed by atoms with Crippen LogP contribution in [-0.4, -0.2) is 35.7 Å². The summed E-state index contributed by atoms with van der Waals surface area (Å²) in [6, 6.07) is 13.1. The van der Waals surface area contributed by atoms with E-state index in [0.29, 0.717) is 29.4 Å². The van der Waals surface area contributed by atoms with Crippen molar-refractivity contribution < 1.29 is 14.3 Å². The highest BCUT2D eigenvalue weighted by Gasteiger charge is 2.10. The number of carbonyl (C=O) groups excluding carboxylic acids is 1. The lowest BCUT2D eigenvalue weighted by molar-refractivity contribution is 0.111. The van der Waals surface area contributed by atoms with Crippen LogP contribution in [0.5, 0.6) is 11.5 Å². The quantitative estimate of drug-likeness (QED) is 0.408. The Morgan fingerprint density at radius 3 is 2.87 bits per heavy atom. The fourth-order valence-electron chi connectivity index (χ4n) is 2.22. The Kier molecular flexibility index (Phi) is 4.83. The summed E-state index contributed by atoms with van der Waals surface area (Å²) in [6.45, 7) is 0.447. The highest BCUT2D eigenvalue weighted by atomic mass is 32.2. The van der Waals surface area contributed by atoms with E-state index in [1.807, 2.05) is 24.3 Å². The number of para-hydroxylation sites is 3. The highest BCUT2D eigenvalue weighted by molar-refractivity contribution is 7.99. The van der Waals surface area contributed by atoms with Crippen LogP contribution in [0.15, 0.2) is 47.6 Å². The molecular formula is C17H16N2O3S. The van der Waals surface area contributed by atoms with Crippen molar-refractivity contribution in [3.8, 4) is 11.5 Å². The molecule has 1 aromatic heterocycles. The number of nitrogens with zero attached hydrogens (tertiary/aromatic N) is 1. The number of aldehydes is 1. The van der Waals surface area contributed by atoms with Crippen molar-refractivity contribution in [2.24, 2.45) is 0 Å². The minimum absolute atomic E-state index is 0.447. The van der Waals surface area contributed by atoms with Gasteiger partial charge in [-0.3, -0.25) is 4.79 Å². The van der Waals surface area contributed by atoms with Crippen LogP contribution in [-0.2, 0) is 0 Å². The van der Waals surface area contributed by atoms with Gasteiger partial charge in [0.05, 0.1) is 30.3 Å². The molecule has 0 spiro atoms. The van der Waals surface area contributed by atoms with Crippen LogP contribution < -0.4 is 9.47 Å². The van der Waals surface area contributed by atoms with Gasteiger partial charge >= 0.3 is 0 Å². The van der Waals surface area contributed by atoms with Gasteiger partial charge in [0, 0.05) is 5.75 Å². The van der Waals surface area contributed by atoms with E-state index < -0.39 is 0 Å². The van der Waals surface area contributed by atoms with Gasteiger partial charge in [-0.25, -0.2) is 4.98 Å². The van der Waals surface area contributed by atoms with Crippen LogP contribution in [0.2, 0.25) is 0 Å². The molecule has 3 aromatic rings. The van der Waals surface area contributed by atoms with Gasteiger partial charge in [-0.05, 0) is 24.3 Å². The number of hydrogen-bond acceptors (Lipinski definition) is 5. The first-order valence-electron chi connectivity index (χ1n) is 7.14. The fraction of sp³-hybridized carbons (Fsp3) is 0.176. The maximum absolute atomic E-state index is 11.1. The zero-order valence-corrected chi connectivity index (χ0v) is 13.4. The molecule has 0 saturated carbocycles. The molecule has 0 radical (unpaired) electrons. The molecule has 0 saturated heterocycles. The van der Waals surface area contributed by atoms with Crippen molar-refractivity contribution in [2.45, 2.75) is 5.16 Å². The number of hydrogen-bond donors (Lipinski definition) is 1. The minimum Gasteiger partial charge on any atom is -0.493 e. The Balaban J connectivity index is 1.60. The summed E-state index contributed by atoms with van der Waals surface area (Å²) in [4.78, 5) is 18.8. The summed E-state index contributed by atoms with van der Waals surface area (Å²) in [7, 11) is 1.56. The zero-order chi connectivity index (χ0) is 16.1. The predicted molar refractivity (Wildman–Crippen MR) is 90.7 cm³/mol. The van der Waals surface area contributed by atoms with E-state index in [1.165, 1.54) is 0 Å². The van der Waals surface area contributed by atoms with Crippen molar-refractivity contribution in [3.05, 3.63) is 48.0 Å². The second-order valence-corrected chi connectivity index (χ2v) is 5.84. The smallest absolute Gasteiger partial charge is 0.171 e. The van der Waals surface area contributed by atoms with E-state index in [0.717, 1.165) is 22.5 Å². The number of imidazole rings is 1. The van der Waals surface area contributed by atoms with E-state index >= 15 is 0 Å². The van der Waals surface area contributed by atoms with Gasteiger partial charge in [0.15, 0.2) is 22.9 Å². The number of methoxy groups -OCH3 is 1. The molecule has 1 N–H and O–H groups in total. The number of nitrogens with one attached hydrogen (secondary N) is 1. The van der Waals surface area contributed by atoms with Gasteiger partial charge < -0.3 is 14.5 Å². The SMILES string of the molecule is COc1cccc(C=O)c1OCCSc1nc2ccccc2[nH]1. The third-order valence-electron chi connectivity index (χ3n) is 3.29. The average Bonchev–Trinajstić information content (AvgIpc) is 3.01. The average molecular weight is 328 g/mol. The topological polar surface area (TPSA) is 64.2 Å². The lowest BCUT2D eigenvalue weighted by Gasteiger charge is -2.11. The van der Waals surface area contributed by atoms with Crippen molar-refractivity contribution in [2.75, 3.05) is 19.5 Å². The summed E-state index contributed by atoms with van der Waals surface area (Å²) >= 11 is 1.57. The molecule has 0 bridgehead atoms. The van der Waals surface area contributed by atoms with E-state index in [-0.39, 0.29) is 0 Å². The van der Waals surface area contributed by atoms with Gasteiger partial charge in [-0.15, -0.1) is 0 Å². The molecule has 0 aliphatic carbocycles. The Hall–Kier alpha value is -2.47. The van der Waals surface area contributed by atoms with Crippen molar-refractivity contribution in [1.82, 2.24) is 9.97 Å². The number of H-pyrrole nitrogens is 1. The molecule has 1 heterocycles. The second kappa shape index (κ2) is 7.19. The molecule has 118 valence electrons. The van der Waals surface area contributed by atoms with Crippen molar-refractivity contribution >= 4 is 29.1 Å². The lowest BCUT2D eigenvalue weighted by atomic mass is 10.2. The summed E-state index contributed by atoms with van der Waals surface area (Å²) < 4.78 is 11.0. The van der Waals surface area contributed by atoms with E-state index in [1.54, 1.807) is 37.1 Å². The Morgan fingerprint density at radius 1 is 1.22 bits per heavy atom. The van der Waals surface area contributed by atoms with Gasteiger partial charge in [0.1, 0.15) is 0 Å². The van der Waals surface area contributed by atoms with Crippen LogP contribution in [0, 0.1) is 0 Å². The number of benzene rings is 2. The first-order valence-corrected chi connectivity index (χ1v) is 8.13. The van der Waals surface area contributed by atoms with Gasteiger partial charge in [-0.1, -0.05) is 30.0 Å². The summed E-state index contributed by atoms with van der Waals surface area (Å²) in [5.74, 6) is 1.74. The number of thioether (sulfide) groups is 1. The summed E-state index contributed by atoms with van der Waals surface area (Å²) in [5.41, 5.74) is 2.45. The molecule has 0 aliphatic rings. The van der Waals surface area contributed by atoms with Crippen LogP contribution in [0.25, 0.3) is 11.0 Å². The maximum atomic E-state index is 11.1. The largest absolute Gasteiger partial charge is 0.493 e. The molecule has 3 rings (SSSR count). The third-order valence-corrected chi connectivity index (χ3v) is 4.13. The molecule has 23 heavy (non-hydrogen) atoms. The molecule has 0 aliphatic heterocycles. The molecular weight excluding hydrogens is 312 g/mol. The first kappa shape index (κ1) is 15.4. The lowest BCUT2D eigenvalue weighted by Crippen LogP contribution is -2.04. The number of aromatic nitrogens is 2. The van der Waals surface area contributed by atoms with E-state index in [9.17, 15) is 4.79 Å². The fourth-order valence-corrected chi connectivity index (χ4v) is 2.93. The van der Waals surface area contributed by atoms with Gasteiger partial charge in [0.2, 0.25) is 0 Å². The van der Waals surface area contributed by atoms with E-state index in [4.69, 9.17) is 9.47 Å². The van der Waals surface area contributed by atoms with Crippen LogP contribution in [0.1, 0.15) is 10.4 Å². The molecule has 0 fully saturated rings. The molecule has 6 heteroatoms. The summed E-state index contributed by atoms with van der Waals surface area (Å²) in [5, 5.41) is 0.852. The van der Waals surface area contributed by atoms with E-state index in [2.05, 4.69) is 9.97 Å². The monoisotopic (exact) mass is 328 g/mol. The molecule has 2 aromatic carbocycles. The molecule has 0 amide bonds. The van der Waals surface area contributed by atoms with Crippen LogP contribution in [0.4, 0.5) is 0 Å². The number of carbonyl (C=O) groups is 1. The van der Waals surface area contributed by atoms with Gasteiger partial charge in [0.25, 0.3) is 0 Å². The number of fused-ring (bicyclic) bond motifs is 1. The minimum atomic E-state index is 0.447. The number of aromatic amines is 1. The standard InChI is InChI=1S/C17H16N2O3S/c1-21-15-8-4-5-12(11-20)16(15)22-9-10-23-17-18-13-6-2-3-7-14(13)19-17/h2-8,11H,9-10H2,1H3,(H,18,19). The Bertz CT molecular complexity index is 783. The van der Waals surface area contributed by atoms with Gasteiger partial charge in [-0.2, -0.15) is 0 Å². The highest BCUT2D eigenvalue weighted by Crippen LogP contribution is 2.30. The molecule has 0 atom stereocenters. The normalized spacial score (nSPS) is 10.7. The second-order valence-electron chi connectivity index (χ2n) is 4.75. The maximum Gasteiger partial charge on any atom is 0.171 e. The van der Waals surface area contributed by atoms with Crippen molar-refractivity contribution in [1.29, 1.82) is 0 Å². The predicted octanol–water partition coefficient (Wildman–Crippen LogP) is 3.56. The molecule has 0 unspecified atom stereocenters.